The van der Waals surface area contributed by atoms with E-state index in [1.807, 2.05) is 30.3 Å². The Morgan fingerprint density at radius 1 is 1.00 bits per heavy atom. The summed E-state index contributed by atoms with van der Waals surface area (Å²) >= 11 is 0. The molecule has 0 saturated heterocycles. The largest absolute Gasteiger partial charge is 0.322 e. The van der Waals surface area contributed by atoms with Crippen LogP contribution in [0.2, 0.25) is 0 Å². The van der Waals surface area contributed by atoms with Crippen LogP contribution in [0.25, 0.3) is 6.08 Å². The van der Waals surface area contributed by atoms with Gasteiger partial charge in [0.1, 0.15) is 5.69 Å². The molecule has 0 bridgehead atoms. The molecule has 7 heteroatoms. The number of carbonyl (C=O) groups is 1. The number of aromatic nitrogens is 1. The van der Waals surface area contributed by atoms with E-state index in [0.717, 1.165) is 24.0 Å². The van der Waals surface area contributed by atoms with Gasteiger partial charge in [0.15, 0.2) is 0 Å². The molecule has 160 valence electrons. The maximum atomic E-state index is 12.3. The molecule has 32 heavy (non-hydrogen) atoms. The van der Waals surface area contributed by atoms with Crippen molar-refractivity contribution in [3.63, 3.8) is 0 Å². The second-order valence-electron chi connectivity index (χ2n) is 7.33. The third-order valence-corrected chi connectivity index (χ3v) is 6.18. The van der Waals surface area contributed by atoms with Crippen molar-refractivity contribution in [3.05, 3.63) is 95.8 Å². The maximum absolute atomic E-state index is 12.3. The van der Waals surface area contributed by atoms with Crippen LogP contribution in [0, 0.1) is 11.8 Å². The number of benzene rings is 2. The zero-order chi connectivity index (χ0) is 22.4. The molecule has 1 fully saturated rings. The summed E-state index contributed by atoms with van der Waals surface area (Å²) in [6.45, 7) is 0. The minimum atomic E-state index is -3.48. The smallest absolute Gasteiger partial charge is 0.248 e. The molecule has 1 saturated carbocycles. The third kappa shape index (κ3) is 6.14. The van der Waals surface area contributed by atoms with Gasteiger partial charge in [0, 0.05) is 29.6 Å². The maximum Gasteiger partial charge on any atom is 0.248 e. The van der Waals surface area contributed by atoms with Crippen molar-refractivity contribution in [1.29, 1.82) is 0 Å². The lowest BCUT2D eigenvalue weighted by Gasteiger charge is -2.05. The summed E-state index contributed by atoms with van der Waals surface area (Å²) in [7, 11) is -3.48. The number of nitrogens with zero attached hydrogens (tertiary/aromatic N) is 1. The number of carbonyl (C=O) groups excluding carboxylic acids is 1. The van der Waals surface area contributed by atoms with Crippen LogP contribution in [-0.4, -0.2) is 25.4 Å². The molecule has 2 aromatic carbocycles. The highest BCUT2D eigenvalue weighted by molar-refractivity contribution is 7.89. The van der Waals surface area contributed by atoms with Crippen LogP contribution in [0.1, 0.15) is 29.7 Å². The van der Waals surface area contributed by atoms with Gasteiger partial charge >= 0.3 is 0 Å². The Morgan fingerprint density at radius 3 is 2.53 bits per heavy atom. The number of nitrogens with one attached hydrogen (secondary N) is 2. The topological polar surface area (TPSA) is 88.2 Å². The van der Waals surface area contributed by atoms with E-state index in [1.54, 1.807) is 36.5 Å². The molecule has 0 radical (unpaired) electrons. The molecule has 2 N–H and O–H groups in total. The molecule has 1 amide bonds. The van der Waals surface area contributed by atoms with Crippen LogP contribution in [-0.2, 0) is 14.8 Å². The molecule has 0 aliphatic heterocycles. The summed E-state index contributed by atoms with van der Waals surface area (Å²) in [4.78, 5) is 16.7. The average molecular weight is 444 g/mol. The Hall–Kier alpha value is -3.73. The van der Waals surface area contributed by atoms with E-state index in [9.17, 15) is 13.2 Å². The van der Waals surface area contributed by atoms with Crippen molar-refractivity contribution in [2.45, 2.75) is 23.8 Å². The Morgan fingerprint density at radius 2 is 1.81 bits per heavy atom. The van der Waals surface area contributed by atoms with E-state index in [4.69, 9.17) is 0 Å². The first-order chi connectivity index (χ1) is 15.5. The summed E-state index contributed by atoms with van der Waals surface area (Å²) in [6.07, 6.45) is 6.48. The molecule has 0 unspecified atom stereocenters. The van der Waals surface area contributed by atoms with Crippen molar-refractivity contribution in [2.75, 3.05) is 5.32 Å². The lowest BCUT2D eigenvalue weighted by atomic mass is 10.2. The van der Waals surface area contributed by atoms with Gasteiger partial charge < -0.3 is 5.32 Å². The first-order valence-electron chi connectivity index (χ1n) is 10.1. The monoisotopic (exact) mass is 443 g/mol. The van der Waals surface area contributed by atoms with Crippen LogP contribution in [0.3, 0.4) is 0 Å². The molecule has 3 aromatic rings. The van der Waals surface area contributed by atoms with Gasteiger partial charge in [-0.1, -0.05) is 30.2 Å². The third-order valence-electron chi connectivity index (χ3n) is 4.65. The zero-order valence-corrected chi connectivity index (χ0v) is 18.0. The summed E-state index contributed by atoms with van der Waals surface area (Å²) in [5, 5.41) is 2.80. The summed E-state index contributed by atoms with van der Waals surface area (Å²) < 4.78 is 27.1. The summed E-state index contributed by atoms with van der Waals surface area (Å²) in [5.41, 5.74) is 2.78. The number of hydrogen-bond donors (Lipinski definition) is 2. The second-order valence-corrected chi connectivity index (χ2v) is 9.05. The number of rotatable bonds is 6. The number of pyridine rings is 1. The average Bonchev–Trinajstić information content (AvgIpc) is 3.61. The van der Waals surface area contributed by atoms with E-state index in [1.165, 1.54) is 18.2 Å². The van der Waals surface area contributed by atoms with Crippen LogP contribution in [0.5, 0.6) is 0 Å². The first kappa shape index (κ1) is 21.5. The molecular formula is C25H21N3O3S. The van der Waals surface area contributed by atoms with E-state index in [-0.39, 0.29) is 16.8 Å². The fourth-order valence-electron chi connectivity index (χ4n) is 2.85. The Balaban J connectivity index is 1.37. The van der Waals surface area contributed by atoms with Gasteiger partial charge in [0.2, 0.25) is 15.9 Å². The Kier molecular flexibility index (Phi) is 6.45. The van der Waals surface area contributed by atoms with Gasteiger partial charge in [-0.2, -0.15) is 0 Å². The van der Waals surface area contributed by atoms with E-state index < -0.39 is 10.0 Å². The van der Waals surface area contributed by atoms with Crippen LogP contribution < -0.4 is 10.0 Å². The van der Waals surface area contributed by atoms with Crippen molar-refractivity contribution in [3.8, 4) is 11.8 Å². The van der Waals surface area contributed by atoms with Gasteiger partial charge in [-0.15, -0.1) is 0 Å². The van der Waals surface area contributed by atoms with Crippen molar-refractivity contribution in [1.82, 2.24) is 9.71 Å². The second kappa shape index (κ2) is 9.60. The molecule has 1 aliphatic rings. The SMILES string of the molecule is O=C(/C=C/c1ccc(S(=O)(=O)NC2CC2)cc1)Nc1cccc(C#Cc2ccccn2)c1. The molecule has 0 atom stereocenters. The number of anilines is 1. The molecular weight excluding hydrogens is 422 g/mol. The normalized spacial score (nSPS) is 13.4. The fourth-order valence-corrected chi connectivity index (χ4v) is 4.16. The molecule has 4 rings (SSSR count). The predicted octanol–water partition coefficient (Wildman–Crippen LogP) is 3.57. The van der Waals surface area contributed by atoms with Gasteiger partial charge in [-0.05, 0) is 72.9 Å². The van der Waals surface area contributed by atoms with Crippen LogP contribution >= 0.6 is 0 Å². The minimum Gasteiger partial charge on any atom is -0.322 e. The Labute approximate surface area is 187 Å². The van der Waals surface area contributed by atoms with Crippen molar-refractivity contribution >= 4 is 27.7 Å². The van der Waals surface area contributed by atoms with Gasteiger partial charge in [0.05, 0.1) is 4.90 Å². The highest BCUT2D eigenvalue weighted by Gasteiger charge is 2.27. The number of sulfonamides is 1. The predicted molar refractivity (Wildman–Crippen MR) is 124 cm³/mol. The lowest BCUT2D eigenvalue weighted by molar-refractivity contribution is -0.111. The van der Waals surface area contributed by atoms with Gasteiger partial charge in [-0.25, -0.2) is 18.1 Å². The van der Waals surface area contributed by atoms with E-state index >= 15 is 0 Å². The Bertz CT molecular complexity index is 1300. The highest BCUT2D eigenvalue weighted by atomic mass is 32.2. The van der Waals surface area contributed by atoms with Crippen molar-refractivity contribution < 1.29 is 13.2 Å². The summed E-state index contributed by atoms with van der Waals surface area (Å²) in [6, 6.07) is 19.2. The molecule has 6 nitrogen and oxygen atoms in total. The van der Waals surface area contributed by atoms with E-state index in [2.05, 4.69) is 26.9 Å². The highest BCUT2D eigenvalue weighted by Crippen LogP contribution is 2.22. The summed E-state index contributed by atoms with van der Waals surface area (Å²) in [5.74, 6) is 5.71. The molecule has 0 spiro atoms. The fraction of sp³-hybridized carbons (Fsp3) is 0.120. The van der Waals surface area contributed by atoms with Crippen molar-refractivity contribution in [2.24, 2.45) is 0 Å². The molecule has 1 aromatic heterocycles. The lowest BCUT2D eigenvalue weighted by Crippen LogP contribution is -2.25. The number of hydrogen-bond acceptors (Lipinski definition) is 4. The van der Waals surface area contributed by atoms with Crippen LogP contribution in [0.15, 0.2) is 83.9 Å². The molecule has 1 heterocycles. The first-order valence-corrected chi connectivity index (χ1v) is 11.6. The zero-order valence-electron chi connectivity index (χ0n) is 17.2. The number of amides is 1. The minimum absolute atomic E-state index is 0.0581. The van der Waals surface area contributed by atoms with Gasteiger partial charge in [0.25, 0.3) is 0 Å². The quantitative estimate of drug-likeness (QED) is 0.450. The van der Waals surface area contributed by atoms with Gasteiger partial charge in [-0.3, -0.25) is 4.79 Å². The standard InChI is InChI=1S/C25H21N3O3S/c29-25(16-10-19-8-14-24(15-9-19)32(30,31)28-22-12-13-22)27-23-6-3-4-20(18-23)7-11-21-5-1-2-17-26-21/h1-6,8-10,14-18,22,28H,12-13H2,(H,27,29)/b16-10+. The molecule has 1 aliphatic carbocycles. The van der Waals surface area contributed by atoms with Crippen LogP contribution in [0.4, 0.5) is 5.69 Å². The van der Waals surface area contributed by atoms with E-state index in [0.29, 0.717) is 11.4 Å².